The SMILES string of the molecule is CC(NC(=O)C1CCCC1N)(C(=O)O)C1CC1. The van der Waals surface area contributed by atoms with Crippen molar-refractivity contribution in [3.63, 3.8) is 0 Å². The molecule has 0 spiro atoms. The fraction of sp³-hybridized carbons (Fsp3) is 0.833. The maximum Gasteiger partial charge on any atom is 0.329 e. The molecule has 2 saturated carbocycles. The van der Waals surface area contributed by atoms with Crippen molar-refractivity contribution in [1.29, 1.82) is 0 Å². The fourth-order valence-electron chi connectivity index (χ4n) is 2.65. The van der Waals surface area contributed by atoms with Crippen LogP contribution in [0.2, 0.25) is 0 Å². The van der Waals surface area contributed by atoms with Gasteiger partial charge in [-0.25, -0.2) is 4.79 Å². The van der Waals surface area contributed by atoms with Gasteiger partial charge in [0.1, 0.15) is 5.54 Å². The van der Waals surface area contributed by atoms with E-state index in [4.69, 9.17) is 5.73 Å². The molecule has 2 aliphatic carbocycles. The summed E-state index contributed by atoms with van der Waals surface area (Å²) in [5, 5.41) is 12.0. The van der Waals surface area contributed by atoms with Crippen molar-refractivity contribution in [2.24, 2.45) is 17.6 Å². The lowest BCUT2D eigenvalue weighted by Gasteiger charge is -2.28. The number of nitrogens with two attached hydrogens (primary N) is 1. The Morgan fingerprint density at radius 3 is 2.35 bits per heavy atom. The van der Waals surface area contributed by atoms with Gasteiger partial charge in [0.2, 0.25) is 5.91 Å². The first-order valence-electron chi connectivity index (χ1n) is 6.26. The number of amides is 1. The molecular weight excluding hydrogens is 220 g/mol. The van der Waals surface area contributed by atoms with Crippen LogP contribution >= 0.6 is 0 Å². The average molecular weight is 240 g/mol. The zero-order chi connectivity index (χ0) is 12.6. The lowest BCUT2D eigenvalue weighted by atomic mass is 9.93. The van der Waals surface area contributed by atoms with Crippen LogP contribution in [0.1, 0.15) is 39.0 Å². The number of carbonyl (C=O) groups excluding carboxylic acids is 1. The Balaban J connectivity index is 2.03. The third-order valence-corrected chi connectivity index (χ3v) is 4.13. The number of rotatable bonds is 4. The molecule has 0 saturated heterocycles. The second-order valence-electron chi connectivity index (χ2n) is 5.47. The standard InChI is InChI=1S/C12H20N2O3/c1-12(11(16)17,7-5-6-7)14-10(15)8-3-2-4-9(8)13/h7-9H,2-6,13H2,1H3,(H,14,15)(H,16,17). The molecule has 0 radical (unpaired) electrons. The molecule has 3 atom stereocenters. The van der Waals surface area contributed by atoms with Crippen LogP contribution in [-0.2, 0) is 9.59 Å². The van der Waals surface area contributed by atoms with E-state index in [9.17, 15) is 14.7 Å². The summed E-state index contributed by atoms with van der Waals surface area (Å²) in [6.45, 7) is 1.60. The van der Waals surface area contributed by atoms with E-state index < -0.39 is 11.5 Å². The van der Waals surface area contributed by atoms with Gasteiger partial charge in [0.25, 0.3) is 0 Å². The summed E-state index contributed by atoms with van der Waals surface area (Å²) in [7, 11) is 0. The highest BCUT2D eigenvalue weighted by atomic mass is 16.4. The molecule has 4 N–H and O–H groups in total. The molecule has 2 fully saturated rings. The minimum Gasteiger partial charge on any atom is -0.480 e. The molecule has 3 unspecified atom stereocenters. The summed E-state index contributed by atoms with van der Waals surface area (Å²) in [4.78, 5) is 23.3. The van der Waals surface area contributed by atoms with E-state index >= 15 is 0 Å². The van der Waals surface area contributed by atoms with Crippen molar-refractivity contribution in [2.45, 2.75) is 50.6 Å². The molecule has 5 heteroatoms. The molecule has 0 heterocycles. The Morgan fingerprint density at radius 1 is 1.29 bits per heavy atom. The number of carboxylic acids is 1. The smallest absolute Gasteiger partial charge is 0.329 e. The van der Waals surface area contributed by atoms with Gasteiger partial charge in [-0.2, -0.15) is 0 Å². The Labute approximate surface area is 101 Å². The summed E-state index contributed by atoms with van der Waals surface area (Å²) >= 11 is 0. The second kappa shape index (κ2) is 4.29. The highest BCUT2D eigenvalue weighted by molar-refractivity contribution is 5.88. The van der Waals surface area contributed by atoms with Crippen molar-refractivity contribution in [1.82, 2.24) is 5.32 Å². The van der Waals surface area contributed by atoms with Gasteiger partial charge in [0, 0.05) is 6.04 Å². The van der Waals surface area contributed by atoms with Crippen LogP contribution in [0.4, 0.5) is 0 Å². The van der Waals surface area contributed by atoms with Crippen LogP contribution in [0.15, 0.2) is 0 Å². The molecule has 17 heavy (non-hydrogen) atoms. The summed E-state index contributed by atoms with van der Waals surface area (Å²) in [5.41, 5.74) is 4.75. The first-order valence-corrected chi connectivity index (χ1v) is 6.26. The molecule has 96 valence electrons. The van der Waals surface area contributed by atoms with Crippen molar-refractivity contribution in [2.75, 3.05) is 0 Å². The molecular formula is C12H20N2O3. The van der Waals surface area contributed by atoms with Crippen LogP contribution in [0.25, 0.3) is 0 Å². The summed E-state index contributed by atoms with van der Waals surface area (Å²) < 4.78 is 0. The van der Waals surface area contributed by atoms with E-state index in [1.165, 1.54) is 0 Å². The van der Waals surface area contributed by atoms with Gasteiger partial charge in [0.05, 0.1) is 5.92 Å². The number of nitrogens with one attached hydrogen (secondary N) is 1. The van der Waals surface area contributed by atoms with Gasteiger partial charge >= 0.3 is 5.97 Å². The highest BCUT2D eigenvalue weighted by Crippen LogP contribution is 2.40. The van der Waals surface area contributed by atoms with Crippen LogP contribution in [0, 0.1) is 11.8 Å². The van der Waals surface area contributed by atoms with Gasteiger partial charge in [-0.05, 0) is 38.5 Å². The van der Waals surface area contributed by atoms with Crippen LogP contribution in [-0.4, -0.2) is 28.6 Å². The van der Waals surface area contributed by atoms with Gasteiger partial charge in [-0.15, -0.1) is 0 Å². The third-order valence-electron chi connectivity index (χ3n) is 4.13. The predicted octanol–water partition coefficient (Wildman–Crippen LogP) is 0.483. The zero-order valence-corrected chi connectivity index (χ0v) is 10.1. The minimum atomic E-state index is -1.11. The van der Waals surface area contributed by atoms with E-state index in [1.54, 1.807) is 6.92 Å². The number of hydrogen-bond donors (Lipinski definition) is 3. The lowest BCUT2D eigenvalue weighted by molar-refractivity contribution is -0.148. The molecule has 0 bridgehead atoms. The third kappa shape index (κ3) is 2.29. The van der Waals surface area contributed by atoms with Gasteiger partial charge in [-0.1, -0.05) is 6.42 Å². The molecule has 1 amide bonds. The zero-order valence-electron chi connectivity index (χ0n) is 10.1. The maximum absolute atomic E-state index is 12.1. The Morgan fingerprint density at radius 2 is 1.94 bits per heavy atom. The van der Waals surface area contributed by atoms with Crippen LogP contribution < -0.4 is 11.1 Å². The Kier molecular flexibility index (Phi) is 3.12. The first kappa shape index (κ1) is 12.4. The van der Waals surface area contributed by atoms with Gasteiger partial charge in [0.15, 0.2) is 0 Å². The monoisotopic (exact) mass is 240 g/mol. The number of carboxylic acid groups (broad SMARTS) is 1. The van der Waals surface area contributed by atoms with E-state index in [2.05, 4.69) is 5.32 Å². The van der Waals surface area contributed by atoms with Crippen molar-refractivity contribution >= 4 is 11.9 Å². The normalized spacial score (nSPS) is 31.9. The highest BCUT2D eigenvalue weighted by Gasteiger charge is 2.49. The molecule has 2 aliphatic rings. The molecule has 0 aromatic carbocycles. The molecule has 0 aromatic rings. The Bertz CT molecular complexity index is 341. The number of aliphatic carboxylic acids is 1. The number of carbonyl (C=O) groups is 2. The second-order valence-corrected chi connectivity index (χ2v) is 5.47. The molecule has 5 nitrogen and oxygen atoms in total. The summed E-state index contributed by atoms with van der Waals surface area (Å²) in [6.07, 6.45) is 4.32. The largest absolute Gasteiger partial charge is 0.480 e. The van der Waals surface area contributed by atoms with E-state index in [1.807, 2.05) is 0 Å². The van der Waals surface area contributed by atoms with Gasteiger partial charge < -0.3 is 16.2 Å². The maximum atomic E-state index is 12.1. The first-order chi connectivity index (χ1) is 7.95. The molecule has 0 aromatic heterocycles. The van der Waals surface area contributed by atoms with Crippen molar-refractivity contribution in [3.8, 4) is 0 Å². The summed E-state index contributed by atoms with van der Waals surface area (Å²) in [5.74, 6) is -1.28. The number of hydrogen-bond acceptors (Lipinski definition) is 3. The van der Waals surface area contributed by atoms with Crippen molar-refractivity contribution < 1.29 is 14.7 Å². The average Bonchev–Trinajstić information content (AvgIpc) is 3.01. The van der Waals surface area contributed by atoms with Crippen molar-refractivity contribution in [3.05, 3.63) is 0 Å². The van der Waals surface area contributed by atoms with E-state index in [-0.39, 0.29) is 23.8 Å². The predicted molar refractivity (Wildman–Crippen MR) is 62.2 cm³/mol. The quantitative estimate of drug-likeness (QED) is 0.666. The molecule has 2 rings (SSSR count). The lowest BCUT2D eigenvalue weighted by Crippen LogP contribution is -2.56. The van der Waals surface area contributed by atoms with Crippen LogP contribution in [0.3, 0.4) is 0 Å². The summed E-state index contributed by atoms with van der Waals surface area (Å²) in [6, 6.07) is -0.118. The van der Waals surface area contributed by atoms with E-state index in [0.717, 1.165) is 32.1 Å². The fourth-order valence-corrected chi connectivity index (χ4v) is 2.65. The minimum absolute atomic E-state index is 0.0709. The van der Waals surface area contributed by atoms with Gasteiger partial charge in [-0.3, -0.25) is 4.79 Å². The van der Waals surface area contributed by atoms with Crippen LogP contribution in [0.5, 0.6) is 0 Å². The molecule has 0 aliphatic heterocycles. The topological polar surface area (TPSA) is 92.4 Å². The van der Waals surface area contributed by atoms with E-state index in [0.29, 0.717) is 0 Å². The Hall–Kier alpha value is -1.10.